The van der Waals surface area contributed by atoms with Crippen LogP contribution in [-0.4, -0.2) is 23.7 Å². The van der Waals surface area contributed by atoms with Gasteiger partial charge >= 0.3 is 8.05 Å². The minimum atomic E-state index is -0.437. The molecule has 2 radical (unpaired) electrons. The predicted molar refractivity (Wildman–Crippen MR) is 102 cm³/mol. The molecule has 126 valence electrons. The van der Waals surface area contributed by atoms with Gasteiger partial charge in [0.15, 0.2) is 5.69 Å². The quantitative estimate of drug-likeness (QED) is 0.641. The topological polar surface area (TPSA) is 79.9 Å². The van der Waals surface area contributed by atoms with Crippen LogP contribution in [-0.2, 0) is 0 Å². The highest BCUT2D eigenvalue weighted by atomic mass is 79.9. The maximum atomic E-state index is 12.6. The minimum absolute atomic E-state index is 0.139. The largest absolute Gasteiger partial charge is 0.568 e. The average Bonchev–Trinajstić information content (AvgIpc) is 3.06. The number of rotatable bonds is 4. The second kappa shape index (κ2) is 7.64. The molecular formula is C17H9BBrClN4O2. The number of nitrogens with zero attached hydrogens (tertiary/aromatic N) is 3. The van der Waals surface area contributed by atoms with Crippen LogP contribution < -0.4 is 9.97 Å². The summed E-state index contributed by atoms with van der Waals surface area (Å²) in [6.45, 7) is 0. The molecule has 9 heteroatoms. The van der Waals surface area contributed by atoms with Crippen LogP contribution in [0.4, 0.5) is 5.82 Å². The van der Waals surface area contributed by atoms with Crippen LogP contribution in [0.1, 0.15) is 16.1 Å². The van der Waals surface area contributed by atoms with Crippen molar-refractivity contribution >= 4 is 47.3 Å². The molecule has 0 atom stereocenters. The molecule has 0 saturated heterocycles. The summed E-state index contributed by atoms with van der Waals surface area (Å²) >= 11 is 9.41. The summed E-state index contributed by atoms with van der Waals surface area (Å²) in [6.07, 6.45) is 0. The Hall–Kier alpha value is -2.76. The van der Waals surface area contributed by atoms with Crippen molar-refractivity contribution in [2.45, 2.75) is 0 Å². The fourth-order valence-electron chi connectivity index (χ4n) is 2.27. The van der Waals surface area contributed by atoms with Crippen LogP contribution in [0.5, 0.6) is 5.75 Å². The van der Waals surface area contributed by atoms with Crippen LogP contribution in [0.15, 0.2) is 53.0 Å². The first-order chi connectivity index (χ1) is 12.5. The van der Waals surface area contributed by atoms with Crippen LogP contribution in [0.2, 0.25) is 5.02 Å². The van der Waals surface area contributed by atoms with Gasteiger partial charge in [0.2, 0.25) is 0 Å². The third-order valence-electron chi connectivity index (χ3n) is 3.44. The smallest absolute Gasteiger partial charge is 0.374 e. The lowest BCUT2D eigenvalue weighted by molar-refractivity contribution is 0.102. The molecule has 0 unspecified atom stereocenters. The van der Waals surface area contributed by atoms with Gasteiger partial charge in [-0.25, -0.2) is 4.68 Å². The zero-order chi connectivity index (χ0) is 18.7. The van der Waals surface area contributed by atoms with Gasteiger partial charge in [-0.2, -0.15) is 10.4 Å². The molecule has 0 fully saturated rings. The molecule has 2 aromatic carbocycles. The maximum Gasteiger partial charge on any atom is 0.374 e. The van der Waals surface area contributed by atoms with Gasteiger partial charge in [0.05, 0.1) is 22.0 Å². The van der Waals surface area contributed by atoms with Gasteiger partial charge in [0.25, 0.3) is 5.91 Å². The molecule has 0 bridgehead atoms. The summed E-state index contributed by atoms with van der Waals surface area (Å²) in [7, 11) is 5.18. The van der Waals surface area contributed by atoms with Crippen molar-refractivity contribution in [2.75, 3.05) is 5.32 Å². The molecule has 1 heterocycles. The summed E-state index contributed by atoms with van der Waals surface area (Å²) in [5, 5.41) is 16.3. The van der Waals surface area contributed by atoms with Crippen LogP contribution in [0.25, 0.3) is 5.69 Å². The zero-order valence-corrected chi connectivity index (χ0v) is 15.5. The molecule has 1 N–H and O–H groups in total. The van der Waals surface area contributed by atoms with Crippen molar-refractivity contribution in [1.29, 1.82) is 5.26 Å². The van der Waals surface area contributed by atoms with E-state index in [-0.39, 0.29) is 11.3 Å². The number of aromatic nitrogens is 2. The molecule has 1 amide bonds. The summed E-state index contributed by atoms with van der Waals surface area (Å²) in [6, 6.07) is 15.1. The van der Waals surface area contributed by atoms with Gasteiger partial charge in [-0.1, -0.05) is 33.6 Å². The van der Waals surface area contributed by atoms with E-state index in [9.17, 15) is 4.79 Å². The summed E-state index contributed by atoms with van der Waals surface area (Å²) < 4.78 is 6.83. The number of nitriles is 1. The molecule has 0 aliphatic carbocycles. The van der Waals surface area contributed by atoms with E-state index < -0.39 is 5.91 Å². The Bertz CT molecular complexity index is 1030. The van der Waals surface area contributed by atoms with Gasteiger partial charge in [-0.05, 0) is 30.3 Å². The van der Waals surface area contributed by atoms with Crippen molar-refractivity contribution in [3.8, 4) is 17.5 Å². The second-order valence-electron chi connectivity index (χ2n) is 5.13. The average molecular weight is 427 g/mol. The molecule has 0 spiro atoms. The number of hydrogen-bond acceptors (Lipinski definition) is 4. The molecule has 3 rings (SSSR count). The summed E-state index contributed by atoms with van der Waals surface area (Å²) in [4.78, 5) is 12.6. The molecule has 6 nitrogen and oxygen atoms in total. The van der Waals surface area contributed by atoms with Gasteiger partial charge < -0.3 is 9.97 Å². The standard InChI is InChI=1S/C17H9BBrClN4O2/c18-26-13-3-1-2-12(8-13)24-16(7-11(9-21)23-24)22-17(25)14-6-10(19)4-5-15(14)20/h1-8H,(H,22,25). The highest BCUT2D eigenvalue weighted by molar-refractivity contribution is 9.10. The van der Waals surface area contributed by atoms with Crippen LogP contribution >= 0.6 is 27.5 Å². The third-order valence-corrected chi connectivity index (χ3v) is 4.26. The minimum Gasteiger partial charge on any atom is -0.568 e. The Morgan fingerprint density at radius 1 is 1.31 bits per heavy atom. The van der Waals surface area contributed by atoms with Gasteiger partial charge in [0, 0.05) is 16.6 Å². The fraction of sp³-hybridized carbons (Fsp3) is 0. The normalized spacial score (nSPS) is 10.2. The van der Waals surface area contributed by atoms with E-state index in [1.807, 2.05) is 6.07 Å². The van der Waals surface area contributed by atoms with E-state index >= 15 is 0 Å². The van der Waals surface area contributed by atoms with E-state index in [0.29, 0.717) is 26.8 Å². The predicted octanol–water partition coefficient (Wildman–Crippen LogP) is 3.87. The number of amides is 1. The lowest BCUT2D eigenvalue weighted by atomic mass is 10.2. The molecule has 0 aliphatic heterocycles. The summed E-state index contributed by atoms with van der Waals surface area (Å²) in [5.74, 6) is 0.272. The number of carbonyl (C=O) groups excluding carboxylic acids is 1. The molecule has 3 aromatic rings. The number of hydrogen-bond donors (Lipinski definition) is 1. The highest BCUT2D eigenvalue weighted by Crippen LogP contribution is 2.24. The third kappa shape index (κ3) is 3.74. The van der Waals surface area contributed by atoms with Crippen molar-refractivity contribution in [1.82, 2.24) is 9.78 Å². The van der Waals surface area contributed by atoms with E-state index in [1.165, 1.54) is 10.7 Å². The number of benzene rings is 2. The Morgan fingerprint density at radius 3 is 2.85 bits per heavy atom. The SMILES string of the molecule is [B]Oc1cccc(-n2nc(C#N)cc2NC(=O)c2cc(Br)ccc2Cl)c1. The van der Waals surface area contributed by atoms with Crippen molar-refractivity contribution in [2.24, 2.45) is 0 Å². The Labute approximate surface area is 163 Å². The van der Waals surface area contributed by atoms with Crippen LogP contribution in [0, 0.1) is 11.3 Å². The highest BCUT2D eigenvalue weighted by Gasteiger charge is 2.16. The molecule has 26 heavy (non-hydrogen) atoms. The Kier molecular flexibility index (Phi) is 5.31. The van der Waals surface area contributed by atoms with Gasteiger partial charge in [-0.15, -0.1) is 0 Å². The number of nitrogens with one attached hydrogen (secondary N) is 1. The van der Waals surface area contributed by atoms with E-state index in [2.05, 4.69) is 26.3 Å². The zero-order valence-electron chi connectivity index (χ0n) is 13.1. The molecule has 1 aromatic heterocycles. The number of halogens is 2. The lowest BCUT2D eigenvalue weighted by Gasteiger charge is -2.11. The van der Waals surface area contributed by atoms with Crippen molar-refractivity contribution < 1.29 is 9.45 Å². The van der Waals surface area contributed by atoms with Crippen LogP contribution in [0.3, 0.4) is 0 Å². The Morgan fingerprint density at radius 2 is 2.12 bits per heavy atom. The maximum absolute atomic E-state index is 12.6. The van der Waals surface area contributed by atoms with Gasteiger partial charge in [0.1, 0.15) is 11.9 Å². The van der Waals surface area contributed by atoms with Crippen molar-refractivity contribution in [3.63, 3.8) is 0 Å². The first kappa shape index (κ1) is 18.0. The first-order valence-corrected chi connectivity index (χ1v) is 8.42. The first-order valence-electron chi connectivity index (χ1n) is 7.25. The number of anilines is 1. The Balaban J connectivity index is 2.00. The fourth-order valence-corrected chi connectivity index (χ4v) is 2.83. The molecule has 0 saturated carbocycles. The second-order valence-corrected chi connectivity index (χ2v) is 6.45. The van der Waals surface area contributed by atoms with E-state index in [0.717, 1.165) is 0 Å². The number of carbonyl (C=O) groups is 1. The summed E-state index contributed by atoms with van der Waals surface area (Å²) in [5.41, 5.74) is 0.983. The van der Waals surface area contributed by atoms with E-state index in [4.69, 9.17) is 29.6 Å². The molecular weight excluding hydrogens is 418 g/mol. The lowest BCUT2D eigenvalue weighted by Crippen LogP contribution is -2.15. The monoisotopic (exact) mass is 426 g/mol. The molecule has 0 aliphatic rings. The van der Waals surface area contributed by atoms with E-state index in [1.54, 1.807) is 42.5 Å². The van der Waals surface area contributed by atoms with Crippen molar-refractivity contribution in [3.05, 3.63) is 69.3 Å². The van der Waals surface area contributed by atoms with Gasteiger partial charge in [-0.3, -0.25) is 4.79 Å².